The van der Waals surface area contributed by atoms with Gasteiger partial charge in [0.05, 0.1) is 0 Å². The topological polar surface area (TPSA) is 32.5 Å². The average molecular weight is 199 g/mol. The quantitative estimate of drug-likeness (QED) is 0.725. The Labute approximate surface area is 88.2 Å². The highest BCUT2D eigenvalue weighted by atomic mass is 15.3. The molecule has 0 aliphatic carbocycles. The van der Waals surface area contributed by atoms with Crippen LogP contribution in [-0.4, -0.2) is 55.1 Å². The lowest BCUT2D eigenvalue weighted by Gasteiger charge is -2.42. The van der Waals surface area contributed by atoms with Crippen molar-refractivity contribution in [2.75, 3.05) is 33.2 Å². The van der Waals surface area contributed by atoms with Gasteiger partial charge in [0, 0.05) is 38.3 Å². The smallest absolute Gasteiger partial charge is 0.0218 e. The summed E-state index contributed by atoms with van der Waals surface area (Å²) in [6, 6.07) is 1.32. The minimum Gasteiger partial charge on any atom is -0.329 e. The van der Waals surface area contributed by atoms with Crippen molar-refractivity contribution < 1.29 is 0 Å². The molecule has 84 valence electrons. The van der Waals surface area contributed by atoms with E-state index in [9.17, 15) is 0 Å². The number of nitrogens with two attached hydrogens (primary N) is 1. The minimum absolute atomic E-state index is 0.595. The van der Waals surface area contributed by atoms with Gasteiger partial charge in [0.15, 0.2) is 0 Å². The maximum atomic E-state index is 5.78. The Balaban J connectivity index is 2.48. The molecule has 3 nitrogen and oxygen atoms in total. The monoisotopic (exact) mass is 199 g/mol. The molecule has 14 heavy (non-hydrogen) atoms. The van der Waals surface area contributed by atoms with E-state index >= 15 is 0 Å². The Hall–Kier alpha value is -0.120. The van der Waals surface area contributed by atoms with E-state index in [1.165, 1.54) is 32.5 Å². The highest BCUT2D eigenvalue weighted by Crippen LogP contribution is 2.14. The molecule has 2 unspecified atom stereocenters. The molecule has 0 aromatic rings. The van der Waals surface area contributed by atoms with Gasteiger partial charge >= 0.3 is 0 Å². The Bertz CT molecular complexity index is 154. The molecule has 0 radical (unpaired) electrons. The van der Waals surface area contributed by atoms with Crippen LogP contribution >= 0.6 is 0 Å². The first kappa shape index (κ1) is 12.0. The molecule has 0 amide bonds. The standard InChI is InChI=1S/C11H25N3/c1-4-10(8-12)14-7-6-13(3)11(5-2)9-14/h10-11H,4-9,12H2,1-3H3. The first-order valence-corrected chi connectivity index (χ1v) is 5.87. The second-order valence-electron chi connectivity index (χ2n) is 4.34. The Kier molecular flexibility index (Phi) is 4.85. The molecule has 0 spiro atoms. The molecular formula is C11H25N3. The molecule has 1 rings (SSSR count). The zero-order valence-corrected chi connectivity index (χ0v) is 9.87. The summed E-state index contributed by atoms with van der Waals surface area (Å²) in [4.78, 5) is 5.04. The summed E-state index contributed by atoms with van der Waals surface area (Å²) < 4.78 is 0. The van der Waals surface area contributed by atoms with Gasteiger partial charge in [-0.3, -0.25) is 4.90 Å². The van der Waals surface area contributed by atoms with E-state index in [-0.39, 0.29) is 0 Å². The third-order valence-electron chi connectivity index (χ3n) is 3.54. The first-order valence-electron chi connectivity index (χ1n) is 5.87. The fourth-order valence-electron chi connectivity index (χ4n) is 2.32. The summed E-state index contributed by atoms with van der Waals surface area (Å²) in [5.41, 5.74) is 5.78. The molecule has 0 bridgehead atoms. The van der Waals surface area contributed by atoms with Gasteiger partial charge in [-0.15, -0.1) is 0 Å². The lowest BCUT2D eigenvalue weighted by Crippen LogP contribution is -2.55. The van der Waals surface area contributed by atoms with Gasteiger partial charge in [-0.2, -0.15) is 0 Å². The molecule has 1 fully saturated rings. The third-order valence-corrected chi connectivity index (χ3v) is 3.54. The predicted molar refractivity (Wildman–Crippen MR) is 61.4 cm³/mol. The van der Waals surface area contributed by atoms with Crippen molar-refractivity contribution >= 4 is 0 Å². The third kappa shape index (κ3) is 2.69. The van der Waals surface area contributed by atoms with E-state index in [1.807, 2.05) is 0 Å². The number of rotatable bonds is 4. The number of piperazine rings is 1. The van der Waals surface area contributed by atoms with Crippen molar-refractivity contribution in [2.45, 2.75) is 38.8 Å². The lowest BCUT2D eigenvalue weighted by molar-refractivity contribution is 0.0634. The lowest BCUT2D eigenvalue weighted by atomic mass is 10.1. The summed E-state index contributed by atoms with van der Waals surface area (Å²) in [6.07, 6.45) is 2.42. The number of likely N-dealkylation sites (N-methyl/N-ethyl adjacent to an activating group) is 1. The zero-order valence-electron chi connectivity index (χ0n) is 9.87. The van der Waals surface area contributed by atoms with Crippen LogP contribution < -0.4 is 5.73 Å². The van der Waals surface area contributed by atoms with E-state index < -0.39 is 0 Å². The summed E-state index contributed by atoms with van der Waals surface area (Å²) >= 11 is 0. The van der Waals surface area contributed by atoms with Crippen LogP contribution in [0, 0.1) is 0 Å². The maximum Gasteiger partial charge on any atom is 0.0218 e. The summed E-state index contributed by atoms with van der Waals surface area (Å²) in [5.74, 6) is 0. The molecule has 2 atom stereocenters. The highest BCUT2D eigenvalue weighted by Gasteiger charge is 2.26. The van der Waals surface area contributed by atoms with E-state index in [0.717, 1.165) is 12.6 Å². The number of hydrogen-bond donors (Lipinski definition) is 1. The van der Waals surface area contributed by atoms with Crippen molar-refractivity contribution in [3.05, 3.63) is 0 Å². The molecule has 0 aromatic carbocycles. The van der Waals surface area contributed by atoms with Gasteiger partial charge in [0.2, 0.25) is 0 Å². The van der Waals surface area contributed by atoms with Crippen LogP contribution in [0.1, 0.15) is 26.7 Å². The SMILES string of the molecule is CCC1CN(C(CC)CN)CCN1C. The van der Waals surface area contributed by atoms with Crippen molar-refractivity contribution in [2.24, 2.45) is 5.73 Å². The Morgan fingerprint density at radius 3 is 2.57 bits per heavy atom. The average Bonchev–Trinajstić information content (AvgIpc) is 2.22. The molecule has 1 aliphatic rings. The van der Waals surface area contributed by atoms with Crippen LogP contribution in [0.3, 0.4) is 0 Å². The van der Waals surface area contributed by atoms with Crippen molar-refractivity contribution in [1.29, 1.82) is 0 Å². The maximum absolute atomic E-state index is 5.78. The fraction of sp³-hybridized carbons (Fsp3) is 1.00. The summed E-state index contributed by atoms with van der Waals surface area (Å²) in [5, 5.41) is 0. The van der Waals surface area contributed by atoms with E-state index in [0.29, 0.717) is 6.04 Å². The molecule has 1 saturated heterocycles. The van der Waals surface area contributed by atoms with Gasteiger partial charge < -0.3 is 10.6 Å². The van der Waals surface area contributed by atoms with Gasteiger partial charge in [0.1, 0.15) is 0 Å². The second-order valence-corrected chi connectivity index (χ2v) is 4.34. The molecule has 1 heterocycles. The van der Waals surface area contributed by atoms with Crippen molar-refractivity contribution in [3.8, 4) is 0 Å². The highest BCUT2D eigenvalue weighted by molar-refractivity contribution is 4.83. The van der Waals surface area contributed by atoms with Crippen LogP contribution in [0.4, 0.5) is 0 Å². The molecular weight excluding hydrogens is 174 g/mol. The second kappa shape index (κ2) is 5.69. The van der Waals surface area contributed by atoms with Crippen molar-refractivity contribution in [1.82, 2.24) is 9.80 Å². The largest absolute Gasteiger partial charge is 0.329 e. The summed E-state index contributed by atoms with van der Waals surface area (Å²) in [7, 11) is 2.23. The van der Waals surface area contributed by atoms with Crippen LogP contribution in [0.2, 0.25) is 0 Å². The molecule has 3 heteroatoms. The van der Waals surface area contributed by atoms with Gasteiger partial charge in [0.25, 0.3) is 0 Å². The van der Waals surface area contributed by atoms with Gasteiger partial charge in [-0.05, 0) is 19.9 Å². The van der Waals surface area contributed by atoms with E-state index in [4.69, 9.17) is 5.73 Å². The van der Waals surface area contributed by atoms with E-state index in [1.54, 1.807) is 0 Å². The molecule has 0 saturated carbocycles. The van der Waals surface area contributed by atoms with Crippen LogP contribution in [0.5, 0.6) is 0 Å². The predicted octanol–water partition coefficient (Wildman–Crippen LogP) is 0.750. The fourth-order valence-corrected chi connectivity index (χ4v) is 2.32. The number of hydrogen-bond acceptors (Lipinski definition) is 3. The Morgan fingerprint density at radius 1 is 1.36 bits per heavy atom. The Morgan fingerprint density at radius 2 is 2.07 bits per heavy atom. The van der Waals surface area contributed by atoms with Gasteiger partial charge in [-0.25, -0.2) is 0 Å². The van der Waals surface area contributed by atoms with Crippen LogP contribution in [0.25, 0.3) is 0 Å². The molecule has 0 aromatic heterocycles. The van der Waals surface area contributed by atoms with Crippen LogP contribution in [0.15, 0.2) is 0 Å². The zero-order chi connectivity index (χ0) is 10.6. The van der Waals surface area contributed by atoms with Crippen LogP contribution in [-0.2, 0) is 0 Å². The first-order chi connectivity index (χ1) is 6.72. The number of nitrogens with zero attached hydrogens (tertiary/aromatic N) is 2. The van der Waals surface area contributed by atoms with Gasteiger partial charge in [-0.1, -0.05) is 13.8 Å². The minimum atomic E-state index is 0.595. The van der Waals surface area contributed by atoms with Crippen molar-refractivity contribution in [3.63, 3.8) is 0 Å². The van der Waals surface area contributed by atoms with E-state index in [2.05, 4.69) is 30.7 Å². The normalized spacial score (nSPS) is 27.9. The summed E-state index contributed by atoms with van der Waals surface area (Å²) in [6.45, 7) is 8.88. The molecule has 2 N–H and O–H groups in total. The molecule has 1 aliphatic heterocycles.